The summed E-state index contributed by atoms with van der Waals surface area (Å²) in [4.78, 5) is 10.8. The Balaban J connectivity index is 2.84. The zero-order valence-corrected chi connectivity index (χ0v) is 10.4. The van der Waals surface area contributed by atoms with Gasteiger partial charge < -0.3 is 5.32 Å². The van der Waals surface area contributed by atoms with Crippen LogP contribution in [0.5, 0.6) is 0 Å². The summed E-state index contributed by atoms with van der Waals surface area (Å²) in [5.41, 5.74) is 0.0729. The van der Waals surface area contributed by atoms with Crippen molar-refractivity contribution in [1.82, 2.24) is 0 Å². The summed E-state index contributed by atoms with van der Waals surface area (Å²) in [6.07, 6.45) is 0. The largest absolute Gasteiger partial charge is 0.325 e. The highest BCUT2D eigenvalue weighted by Gasteiger charge is 2.19. The maximum Gasteiger partial charge on any atom is 0.297 e. The van der Waals surface area contributed by atoms with Crippen LogP contribution in [0.1, 0.15) is 6.92 Å². The van der Waals surface area contributed by atoms with Crippen molar-refractivity contribution in [2.45, 2.75) is 11.8 Å². The fourth-order valence-electron chi connectivity index (χ4n) is 1.81. The van der Waals surface area contributed by atoms with E-state index < -0.39 is 16.0 Å². The second kappa shape index (κ2) is 4.40. The molecular formula is C12H11NO4S. The number of anilines is 1. The second-order valence-corrected chi connectivity index (χ2v) is 5.18. The van der Waals surface area contributed by atoms with Gasteiger partial charge in [-0.15, -0.1) is 0 Å². The second-order valence-electron chi connectivity index (χ2n) is 3.82. The van der Waals surface area contributed by atoms with Gasteiger partial charge in [-0.05, 0) is 11.5 Å². The van der Waals surface area contributed by atoms with Gasteiger partial charge >= 0.3 is 0 Å². The molecule has 0 atom stereocenters. The SMILES string of the molecule is CC(=O)Nc1ccc2ccccc2c1S(=O)(=O)O. The summed E-state index contributed by atoms with van der Waals surface area (Å²) in [6, 6.07) is 9.84. The number of amides is 1. The molecule has 2 rings (SSSR count). The average Bonchev–Trinajstić information content (AvgIpc) is 2.26. The van der Waals surface area contributed by atoms with Crippen LogP contribution in [0, 0.1) is 0 Å². The van der Waals surface area contributed by atoms with Gasteiger partial charge in [-0.1, -0.05) is 30.3 Å². The van der Waals surface area contributed by atoms with Crippen molar-refractivity contribution in [3.63, 3.8) is 0 Å². The van der Waals surface area contributed by atoms with Crippen LogP contribution in [0.3, 0.4) is 0 Å². The van der Waals surface area contributed by atoms with Crippen LogP contribution in [0.4, 0.5) is 5.69 Å². The maximum atomic E-state index is 11.5. The fraction of sp³-hybridized carbons (Fsp3) is 0.0833. The van der Waals surface area contributed by atoms with Gasteiger partial charge in [0.2, 0.25) is 5.91 Å². The van der Waals surface area contributed by atoms with Gasteiger partial charge in [0.05, 0.1) is 5.69 Å². The van der Waals surface area contributed by atoms with Crippen molar-refractivity contribution in [1.29, 1.82) is 0 Å². The van der Waals surface area contributed by atoms with Crippen molar-refractivity contribution in [2.24, 2.45) is 0 Å². The molecule has 0 bridgehead atoms. The minimum absolute atomic E-state index is 0.0729. The van der Waals surface area contributed by atoms with Crippen LogP contribution in [0.15, 0.2) is 41.3 Å². The lowest BCUT2D eigenvalue weighted by molar-refractivity contribution is -0.114. The Labute approximate surface area is 104 Å². The van der Waals surface area contributed by atoms with Crippen LogP contribution in [-0.2, 0) is 14.9 Å². The third-order valence-electron chi connectivity index (χ3n) is 2.45. The summed E-state index contributed by atoms with van der Waals surface area (Å²) >= 11 is 0. The summed E-state index contributed by atoms with van der Waals surface area (Å²) in [7, 11) is -4.42. The standard InChI is InChI=1S/C12H11NO4S/c1-8(14)13-11-7-6-9-4-2-3-5-10(9)12(11)18(15,16)17/h2-7H,1H3,(H,13,14)(H,15,16,17). The molecule has 94 valence electrons. The highest BCUT2D eigenvalue weighted by Crippen LogP contribution is 2.30. The van der Waals surface area contributed by atoms with Crippen LogP contribution >= 0.6 is 0 Å². The number of carbonyl (C=O) groups excluding carboxylic acids is 1. The Morgan fingerprint density at radius 1 is 1.17 bits per heavy atom. The lowest BCUT2D eigenvalue weighted by atomic mass is 10.1. The summed E-state index contributed by atoms with van der Waals surface area (Å²) < 4.78 is 32.2. The fourth-order valence-corrected chi connectivity index (χ4v) is 2.67. The normalized spacial score (nSPS) is 11.4. The molecule has 0 heterocycles. The number of benzene rings is 2. The van der Waals surface area contributed by atoms with Crippen LogP contribution in [0.2, 0.25) is 0 Å². The van der Waals surface area contributed by atoms with E-state index in [9.17, 15) is 17.8 Å². The van der Waals surface area contributed by atoms with E-state index in [0.717, 1.165) is 0 Å². The van der Waals surface area contributed by atoms with Gasteiger partial charge in [0.15, 0.2) is 0 Å². The Hall–Kier alpha value is -1.92. The third-order valence-corrected chi connectivity index (χ3v) is 3.40. The van der Waals surface area contributed by atoms with Gasteiger partial charge in [-0.2, -0.15) is 8.42 Å². The molecule has 0 aliphatic rings. The average molecular weight is 265 g/mol. The van der Waals surface area contributed by atoms with Crippen LogP contribution < -0.4 is 5.32 Å². The van der Waals surface area contributed by atoms with Gasteiger partial charge in [0, 0.05) is 12.3 Å². The first-order valence-electron chi connectivity index (χ1n) is 5.16. The van der Waals surface area contributed by atoms with E-state index in [1.54, 1.807) is 30.3 Å². The molecule has 2 aromatic carbocycles. The molecule has 0 saturated carbocycles. The lowest BCUT2D eigenvalue weighted by Gasteiger charge is -2.10. The van der Waals surface area contributed by atoms with Crippen molar-refractivity contribution in [2.75, 3.05) is 5.32 Å². The quantitative estimate of drug-likeness (QED) is 0.814. The van der Waals surface area contributed by atoms with E-state index in [1.165, 1.54) is 13.0 Å². The third kappa shape index (κ3) is 2.34. The zero-order chi connectivity index (χ0) is 13.3. The molecule has 2 aromatic rings. The number of nitrogens with one attached hydrogen (secondary N) is 1. The first-order chi connectivity index (χ1) is 8.39. The minimum Gasteiger partial charge on any atom is -0.325 e. The first kappa shape index (κ1) is 12.5. The predicted molar refractivity (Wildman–Crippen MR) is 68.1 cm³/mol. The van der Waals surface area contributed by atoms with Crippen LogP contribution in [-0.4, -0.2) is 18.9 Å². The predicted octanol–water partition coefficient (Wildman–Crippen LogP) is 2.04. The zero-order valence-electron chi connectivity index (χ0n) is 9.54. The van der Waals surface area contributed by atoms with Gasteiger partial charge in [-0.25, -0.2) is 0 Å². The van der Waals surface area contributed by atoms with E-state index in [0.29, 0.717) is 10.8 Å². The molecular weight excluding hydrogens is 254 g/mol. The van der Waals surface area contributed by atoms with Crippen molar-refractivity contribution >= 4 is 32.5 Å². The van der Waals surface area contributed by atoms with E-state index in [2.05, 4.69) is 5.32 Å². The molecule has 0 saturated heterocycles. The molecule has 0 spiro atoms. The molecule has 18 heavy (non-hydrogen) atoms. The molecule has 0 unspecified atom stereocenters. The topological polar surface area (TPSA) is 83.5 Å². The van der Waals surface area contributed by atoms with Gasteiger partial charge in [-0.3, -0.25) is 9.35 Å². The van der Waals surface area contributed by atoms with E-state index in [1.807, 2.05) is 0 Å². The molecule has 0 aliphatic carbocycles. The summed E-state index contributed by atoms with van der Waals surface area (Å²) in [5.74, 6) is -0.407. The summed E-state index contributed by atoms with van der Waals surface area (Å²) in [6.45, 7) is 1.27. The number of carbonyl (C=O) groups is 1. The van der Waals surface area contributed by atoms with E-state index >= 15 is 0 Å². The molecule has 6 heteroatoms. The van der Waals surface area contributed by atoms with E-state index in [4.69, 9.17) is 0 Å². The highest BCUT2D eigenvalue weighted by atomic mass is 32.2. The van der Waals surface area contributed by atoms with E-state index in [-0.39, 0.29) is 10.6 Å². The van der Waals surface area contributed by atoms with Crippen molar-refractivity contribution < 1.29 is 17.8 Å². The maximum absolute atomic E-state index is 11.5. The number of hydrogen-bond acceptors (Lipinski definition) is 3. The Bertz CT molecular complexity index is 722. The lowest BCUT2D eigenvalue weighted by Crippen LogP contribution is -2.11. The highest BCUT2D eigenvalue weighted by molar-refractivity contribution is 7.86. The number of hydrogen-bond donors (Lipinski definition) is 2. The Kier molecular flexibility index (Phi) is 3.06. The molecule has 5 nitrogen and oxygen atoms in total. The molecule has 0 fully saturated rings. The number of rotatable bonds is 2. The monoisotopic (exact) mass is 265 g/mol. The van der Waals surface area contributed by atoms with Crippen LogP contribution in [0.25, 0.3) is 10.8 Å². The van der Waals surface area contributed by atoms with Crippen molar-refractivity contribution in [3.05, 3.63) is 36.4 Å². The first-order valence-corrected chi connectivity index (χ1v) is 6.60. The Morgan fingerprint density at radius 2 is 1.83 bits per heavy atom. The molecule has 1 amide bonds. The molecule has 0 aromatic heterocycles. The molecule has 0 radical (unpaired) electrons. The Morgan fingerprint density at radius 3 is 2.44 bits per heavy atom. The number of fused-ring (bicyclic) bond motifs is 1. The smallest absolute Gasteiger partial charge is 0.297 e. The molecule has 0 aliphatic heterocycles. The van der Waals surface area contributed by atoms with Crippen molar-refractivity contribution in [3.8, 4) is 0 Å². The van der Waals surface area contributed by atoms with Gasteiger partial charge in [0.1, 0.15) is 4.90 Å². The van der Waals surface area contributed by atoms with Gasteiger partial charge in [0.25, 0.3) is 10.1 Å². The minimum atomic E-state index is -4.42. The summed E-state index contributed by atoms with van der Waals surface area (Å²) in [5, 5.41) is 3.43. The molecule has 2 N–H and O–H groups in total.